The summed E-state index contributed by atoms with van der Waals surface area (Å²) >= 11 is 0. The molecule has 1 heteroatoms. The molecule has 0 spiro atoms. The van der Waals surface area contributed by atoms with E-state index in [4.69, 9.17) is 0 Å². The van der Waals surface area contributed by atoms with E-state index >= 15 is 0 Å². The second-order valence-electron chi connectivity index (χ2n) is 4.16. The molecule has 1 aromatic carbocycles. The van der Waals surface area contributed by atoms with Gasteiger partial charge < -0.3 is 0 Å². The lowest BCUT2D eigenvalue weighted by atomic mass is 9.88. The van der Waals surface area contributed by atoms with Crippen LogP contribution < -0.4 is 0 Å². The molecule has 1 atom stereocenters. The van der Waals surface area contributed by atoms with Crippen molar-refractivity contribution in [1.82, 2.24) is 0 Å². The van der Waals surface area contributed by atoms with Gasteiger partial charge in [-0.3, -0.25) is 4.79 Å². The fraction of sp³-hybridized carbons (Fsp3) is 0.500. The van der Waals surface area contributed by atoms with Crippen molar-refractivity contribution in [3.8, 4) is 0 Å². The average Bonchev–Trinajstić information content (AvgIpc) is 2.20. The number of Topliss-reactive ketones (excluding diaryl/α,β-unsaturated/α-hetero) is 1. The third-order valence-electron chi connectivity index (χ3n) is 2.90. The van der Waals surface area contributed by atoms with Crippen LogP contribution in [0.5, 0.6) is 0 Å². The van der Waals surface area contributed by atoms with E-state index in [0.717, 1.165) is 19.3 Å². The fourth-order valence-electron chi connectivity index (χ4n) is 1.96. The molecule has 15 heavy (non-hydrogen) atoms. The van der Waals surface area contributed by atoms with Gasteiger partial charge in [0.1, 0.15) is 5.78 Å². The number of carbonyl (C=O) groups is 1. The summed E-state index contributed by atoms with van der Waals surface area (Å²) in [6.07, 6.45) is 3.25. The predicted molar refractivity (Wildman–Crippen MR) is 64.1 cm³/mol. The highest BCUT2D eigenvalue weighted by atomic mass is 16.1. The Hall–Kier alpha value is -1.11. The van der Waals surface area contributed by atoms with Gasteiger partial charge in [0.15, 0.2) is 0 Å². The second kappa shape index (κ2) is 5.69. The van der Waals surface area contributed by atoms with E-state index in [-0.39, 0.29) is 11.7 Å². The first-order valence-electron chi connectivity index (χ1n) is 5.72. The molecule has 0 fully saturated rings. The molecule has 1 rings (SSSR count). The van der Waals surface area contributed by atoms with Crippen LogP contribution in [0.3, 0.4) is 0 Å². The molecular formula is C14H20O. The Morgan fingerprint density at radius 3 is 2.53 bits per heavy atom. The van der Waals surface area contributed by atoms with Gasteiger partial charge in [0.2, 0.25) is 0 Å². The summed E-state index contributed by atoms with van der Waals surface area (Å²) in [4.78, 5) is 11.6. The first kappa shape index (κ1) is 12.0. The summed E-state index contributed by atoms with van der Waals surface area (Å²) in [6, 6.07) is 8.20. The van der Waals surface area contributed by atoms with Crippen LogP contribution >= 0.6 is 0 Å². The van der Waals surface area contributed by atoms with Gasteiger partial charge in [-0.15, -0.1) is 0 Å². The van der Waals surface area contributed by atoms with E-state index in [0.29, 0.717) is 0 Å². The van der Waals surface area contributed by atoms with E-state index in [1.54, 1.807) is 6.92 Å². The van der Waals surface area contributed by atoms with Crippen molar-refractivity contribution < 1.29 is 4.79 Å². The molecule has 0 aliphatic carbocycles. The maximum atomic E-state index is 11.6. The molecule has 0 amide bonds. The summed E-state index contributed by atoms with van der Waals surface area (Å²) < 4.78 is 0. The van der Waals surface area contributed by atoms with Crippen molar-refractivity contribution in [2.75, 3.05) is 0 Å². The third-order valence-corrected chi connectivity index (χ3v) is 2.90. The fourth-order valence-corrected chi connectivity index (χ4v) is 1.96. The van der Waals surface area contributed by atoms with Crippen molar-refractivity contribution in [2.24, 2.45) is 0 Å². The van der Waals surface area contributed by atoms with Crippen molar-refractivity contribution in [1.29, 1.82) is 0 Å². The molecule has 0 aliphatic rings. The first-order chi connectivity index (χ1) is 7.16. The van der Waals surface area contributed by atoms with Crippen LogP contribution in [0.15, 0.2) is 24.3 Å². The van der Waals surface area contributed by atoms with Crippen LogP contribution in [-0.4, -0.2) is 5.78 Å². The smallest absolute Gasteiger partial charge is 0.137 e. The van der Waals surface area contributed by atoms with Crippen LogP contribution in [0, 0.1) is 6.92 Å². The van der Waals surface area contributed by atoms with Gasteiger partial charge in [0, 0.05) is 5.92 Å². The highest BCUT2D eigenvalue weighted by molar-refractivity contribution is 5.83. The number of unbranched alkanes of at least 4 members (excludes halogenated alkanes) is 1. The molecule has 0 bridgehead atoms. The van der Waals surface area contributed by atoms with Crippen LogP contribution in [0.2, 0.25) is 0 Å². The Morgan fingerprint density at radius 1 is 1.33 bits per heavy atom. The topological polar surface area (TPSA) is 17.1 Å². The van der Waals surface area contributed by atoms with E-state index in [2.05, 4.69) is 26.0 Å². The SMILES string of the molecule is CCCCC(C(C)=O)c1ccccc1C. The predicted octanol–water partition coefficient (Wildman–Crippen LogP) is 3.86. The summed E-state index contributed by atoms with van der Waals surface area (Å²) in [7, 11) is 0. The van der Waals surface area contributed by atoms with Gasteiger partial charge in [0.05, 0.1) is 0 Å². The number of carbonyl (C=O) groups excluding carboxylic acids is 1. The molecule has 0 heterocycles. The lowest BCUT2D eigenvalue weighted by Gasteiger charge is -2.16. The van der Waals surface area contributed by atoms with Crippen molar-refractivity contribution in [2.45, 2.75) is 46.0 Å². The van der Waals surface area contributed by atoms with Gasteiger partial charge >= 0.3 is 0 Å². The van der Waals surface area contributed by atoms with E-state index in [1.807, 2.05) is 12.1 Å². The lowest BCUT2D eigenvalue weighted by Crippen LogP contribution is -2.10. The maximum Gasteiger partial charge on any atom is 0.137 e. The summed E-state index contributed by atoms with van der Waals surface area (Å²) in [6.45, 7) is 5.94. The minimum absolute atomic E-state index is 0.103. The Labute approximate surface area is 92.5 Å². The number of ketones is 1. The molecule has 0 N–H and O–H groups in total. The molecule has 0 radical (unpaired) electrons. The molecular weight excluding hydrogens is 184 g/mol. The Kier molecular flexibility index (Phi) is 4.54. The largest absolute Gasteiger partial charge is 0.299 e. The molecule has 0 saturated heterocycles. The highest BCUT2D eigenvalue weighted by Gasteiger charge is 2.17. The van der Waals surface area contributed by atoms with E-state index in [9.17, 15) is 4.79 Å². The second-order valence-corrected chi connectivity index (χ2v) is 4.16. The first-order valence-corrected chi connectivity index (χ1v) is 5.72. The van der Waals surface area contributed by atoms with Crippen LogP contribution in [-0.2, 0) is 4.79 Å². The number of aryl methyl sites for hydroxylation is 1. The van der Waals surface area contributed by atoms with Crippen molar-refractivity contribution in [3.63, 3.8) is 0 Å². The van der Waals surface area contributed by atoms with Gasteiger partial charge in [-0.05, 0) is 31.4 Å². The minimum atomic E-state index is 0.103. The van der Waals surface area contributed by atoms with Gasteiger partial charge in [-0.25, -0.2) is 0 Å². The summed E-state index contributed by atoms with van der Waals surface area (Å²) in [5.74, 6) is 0.392. The minimum Gasteiger partial charge on any atom is -0.299 e. The Balaban J connectivity index is 2.89. The van der Waals surface area contributed by atoms with Gasteiger partial charge in [-0.1, -0.05) is 44.0 Å². The molecule has 1 nitrogen and oxygen atoms in total. The average molecular weight is 204 g/mol. The Bertz CT molecular complexity index is 328. The number of rotatable bonds is 5. The molecule has 0 saturated carbocycles. The van der Waals surface area contributed by atoms with Gasteiger partial charge in [-0.2, -0.15) is 0 Å². The summed E-state index contributed by atoms with van der Waals surface area (Å²) in [5.41, 5.74) is 2.44. The molecule has 82 valence electrons. The highest BCUT2D eigenvalue weighted by Crippen LogP contribution is 2.25. The zero-order valence-corrected chi connectivity index (χ0v) is 9.92. The number of benzene rings is 1. The number of hydrogen-bond donors (Lipinski definition) is 0. The van der Waals surface area contributed by atoms with E-state index < -0.39 is 0 Å². The van der Waals surface area contributed by atoms with Crippen molar-refractivity contribution >= 4 is 5.78 Å². The maximum absolute atomic E-state index is 11.6. The lowest BCUT2D eigenvalue weighted by molar-refractivity contribution is -0.118. The molecule has 1 unspecified atom stereocenters. The number of hydrogen-bond acceptors (Lipinski definition) is 1. The zero-order valence-electron chi connectivity index (χ0n) is 9.92. The van der Waals surface area contributed by atoms with Crippen LogP contribution in [0.4, 0.5) is 0 Å². The van der Waals surface area contributed by atoms with Crippen LogP contribution in [0.1, 0.15) is 50.2 Å². The molecule has 0 aromatic heterocycles. The third kappa shape index (κ3) is 3.19. The van der Waals surface area contributed by atoms with E-state index in [1.165, 1.54) is 11.1 Å². The Morgan fingerprint density at radius 2 is 2.00 bits per heavy atom. The molecule has 0 aliphatic heterocycles. The van der Waals surface area contributed by atoms with Gasteiger partial charge in [0.25, 0.3) is 0 Å². The van der Waals surface area contributed by atoms with Crippen LogP contribution in [0.25, 0.3) is 0 Å². The standard InChI is InChI=1S/C14H20O/c1-4-5-9-14(12(3)15)13-10-7-6-8-11(13)2/h6-8,10,14H,4-5,9H2,1-3H3. The summed E-state index contributed by atoms with van der Waals surface area (Å²) in [5, 5.41) is 0. The quantitative estimate of drug-likeness (QED) is 0.711. The normalized spacial score (nSPS) is 12.5. The van der Waals surface area contributed by atoms with Crippen molar-refractivity contribution in [3.05, 3.63) is 35.4 Å². The zero-order chi connectivity index (χ0) is 11.3. The monoisotopic (exact) mass is 204 g/mol. The molecule has 1 aromatic rings.